The zero-order chi connectivity index (χ0) is 18.1. The van der Waals surface area contributed by atoms with E-state index in [9.17, 15) is 8.78 Å². The molecule has 1 atom stereocenters. The standard InChI is InChI=1S/C18H16F2N6/c1-21-17(7-11-2-3-13(19)8-15(11)20)18-10-26(25-24-18)14-4-5-16-12(6-14)9-22-23-16/h2-6,8-10,17,21H,7H2,1H3,(H,22,23). The van der Waals surface area contributed by atoms with E-state index in [1.165, 1.54) is 12.1 Å². The van der Waals surface area contributed by atoms with Gasteiger partial charge in [-0.1, -0.05) is 11.3 Å². The average molecular weight is 354 g/mol. The number of aromatic nitrogens is 5. The van der Waals surface area contributed by atoms with Crippen molar-refractivity contribution in [2.24, 2.45) is 0 Å². The third-order valence-corrected chi connectivity index (χ3v) is 4.34. The van der Waals surface area contributed by atoms with Gasteiger partial charge in [0, 0.05) is 11.5 Å². The van der Waals surface area contributed by atoms with Gasteiger partial charge in [0.15, 0.2) is 0 Å². The maximum atomic E-state index is 13.9. The highest BCUT2D eigenvalue weighted by atomic mass is 19.1. The van der Waals surface area contributed by atoms with Crippen LogP contribution in [0.3, 0.4) is 0 Å². The van der Waals surface area contributed by atoms with Crippen LogP contribution in [0.25, 0.3) is 16.6 Å². The second kappa shape index (κ2) is 6.64. The Labute approximate surface area is 147 Å². The molecule has 0 spiro atoms. The van der Waals surface area contributed by atoms with E-state index in [-0.39, 0.29) is 6.04 Å². The molecule has 0 saturated heterocycles. The molecule has 0 aliphatic rings. The highest BCUT2D eigenvalue weighted by molar-refractivity contribution is 5.80. The van der Waals surface area contributed by atoms with Gasteiger partial charge in [-0.3, -0.25) is 5.10 Å². The molecule has 0 bridgehead atoms. The zero-order valence-corrected chi connectivity index (χ0v) is 13.9. The molecule has 0 aliphatic heterocycles. The van der Waals surface area contributed by atoms with Gasteiger partial charge in [0.2, 0.25) is 0 Å². The summed E-state index contributed by atoms with van der Waals surface area (Å²) in [5, 5.41) is 19.4. The van der Waals surface area contributed by atoms with Crippen LogP contribution in [0.2, 0.25) is 0 Å². The first-order valence-corrected chi connectivity index (χ1v) is 8.11. The maximum Gasteiger partial charge on any atom is 0.129 e. The molecular weight excluding hydrogens is 338 g/mol. The summed E-state index contributed by atoms with van der Waals surface area (Å²) in [4.78, 5) is 0. The lowest BCUT2D eigenvalue weighted by Gasteiger charge is -2.13. The molecule has 1 unspecified atom stereocenters. The van der Waals surface area contributed by atoms with Crippen LogP contribution in [0, 0.1) is 11.6 Å². The summed E-state index contributed by atoms with van der Waals surface area (Å²) in [5.74, 6) is -1.16. The van der Waals surface area contributed by atoms with Gasteiger partial charge in [-0.2, -0.15) is 5.10 Å². The van der Waals surface area contributed by atoms with Crippen LogP contribution in [0.4, 0.5) is 8.78 Å². The Bertz CT molecular complexity index is 1050. The normalized spacial score (nSPS) is 12.6. The number of hydrogen-bond acceptors (Lipinski definition) is 4. The van der Waals surface area contributed by atoms with Gasteiger partial charge in [0.05, 0.1) is 29.6 Å². The van der Waals surface area contributed by atoms with Gasteiger partial charge in [0.1, 0.15) is 17.3 Å². The van der Waals surface area contributed by atoms with E-state index in [4.69, 9.17) is 0 Å². The lowest BCUT2D eigenvalue weighted by atomic mass is 10.0. The molecule has 2 N–H and O–H groups in total. The van der Waals surface area contributed by atoms with E-state index in [2.05, 4.69) is 25.8 Å². The Morgan fingerprint density at radius 2 is 2.08 bits per heavy atom. The van der Waals surface area contributed by atoms with Crippen LogP contribution >= 0.6 is 0 Å². The molecule has 4 aromatic rings. The van der Waals surface area contributed by atoms with Gasteiger partial charge in [0.25, 0.3) is 0 Å². The highest BCUT2D eigenvalue weighted by Crippen LogP contribution is 2.21. The number of hydrogen-bond donors (Lipinski definition) is 2. The fraction of sp³-hybridized carbons (Fsp3) is 0.167. The molecule has 26 heavy (non-hydrogen) atoms. The van der Waals surface area contributed by atoms with Crippen molar-refractivity contribution < 1.29 is 8.78 Å². The largest absolute Gasteiger partial charge is 0.311 e. The topological polar surface area (TPSA) is 71.4 Å². The Kier molecular flexibility index (Phi) is 4.18. The molecule has 132 valence electrons. The SMILES string of the molecule is CNC(Cc1ccc(F)cc1F)c1cn(-c2ccc3[nH]ncc3c2)nn1. The van der Waals surface area contributed by atoms with Crippen LogP contribution in [0.1, 0.15) is 17.3 Å². The van der Waals surface area contributed by atoms with Crippen molar-refractivity contribution in [3.63, 3.8) is 0 Å². The first-order chi connectivity index (χ1) is 12.6. The minimum Gasteiger partial charge on any atom is -0.311 e. The Hall–Kier alpha value is -3.13. The lowest BCUT2D eigenvalue weighted by Crippen LogP contribution is -2.20. The van der Waals surface area contributed by atoms with Gasteiger partial charge in [-0.15, -0.1) is 5.10 Å². The van der Waals surface area contributed by atoms with Crippen molar-refractivity contribution in [3.05, 3.63) is 71.7 Å². The molecule has 2 aromatic carbocycles. The molecular formula is C18H16F2N6. The van der Waals surface area contributed by atoms with Crippen molar-refractivity contribution in [2.75, 3.05) is 7.05 Å². The molecule has 0 aliphatic carbocycles. The average Bonchev–Trinajstić information content (AvgIpc) is 3.30. The van der Waals surface area contributed by atoms with Gasteiger partial charge < -0.3 is 5.32 Å². The quantitative estimate of drug-likeness (QED) is 0.578. The van der Waals surface area contributed by atoms with E-state index in [0.717, 1.165) is 22.7 Å². The van der Waals surface area contributed by atoms with Crippen LogP contribution in [0.5, 0.6) is 0 Å². The van der Waals surface area contributed by atoms with Crippen molar-refractivity contribution in [1.82, 2.24) is 30.5 Å². The molecule has 2 heterocycles. The van der Waals surface area contributed by atoms with E-state index in [1.807, 2.05) is 18.2 Å². The number of benzene rings is 2. The fourth-order valence-electron chi connectivity index (χ4n) is 2.90. The third kappa shape index (κ3) is 3.06. The van der Waals surface area contributed by atoms with E-state index in [1.54, 1.807) is 24.1 Å². The number of halogens is 2. The van der Waals surface area contributed by atoms with Crippen LogP contribution < -0.4 is 5.32 Å². The molecule has 0 amide bonds. The number of rotatable bonds is 5. The van der Waals surface area contributed by atoms with Crippen molar-refractivity contribution in [3.8, 4) is 5.69 Å². The summed E-state index contributed by atoms with van der Waals surface area (Å²) in [5.41, 5.74) is 2.87. The molecule has 4 rings (SSSR count). The van der Waals surface area contributed by atoms with E-state index in [0.29, 0.717) is 17.7 Å². The summed E-state index contributed by atoms with van der Waals surface area (Å²) in [7, 11) is 1.77. The Morgan fingerprint density at radius 1 is 1.19 bits per heavy atom. The van der Waals surface area contributed by atoms with Crippen LogP contribution in [-0.4, -0.2) is 32.2 Å². The van der Waals surface area contributed by atoms with Gasteiger partial charge in [-0.25, -0.2) is 13.5 Å². The number of aromatic amines is 1. The third-order valence-electron chi connectivity index (χ3n) is 4.34. The first-order valence-electron chi connectivity index (χ1n) is 8.11. The van der Waals surface area contributed by atoms with Crippen LogP contribution in [-0.2, 0) is 6.42 Å². The van der Waals surface area contributed by atoms with Gasteiger partial charge in [-0.05, 0) is 43.3 Å². The zero-order valence-electron chi connectivity index (χ0n) is 13.9. The Balaban J connectivity index is 1.60. The summed E-state index contributed by atoms with van der Waals surface area (Å²) in [6.07, 6.45) is 3.87. The molecule has 8 heteroatoms. The van der Waals surface area contributed by atoms with Crippen molar-refractivity contribution in [2.45, 2.75) is 12.5 Å². The summed E-state index contributed by atoms with van der Waals surface area (Å²) >= 11 is 0. The van der Waals surface area contributed by atoms with E-state index >= 15 is 0 Å². The van der Waals surface area contributed by atoms with Crippen molar-refractivity contribution in [1.29, 1.82) is 0 Å². The number of nitrogens with one attached hydrogen (secondary N) is 2. The van der Waals surface area contributed by atoms with E-state index < -0.39 is 11.6 Å². The maximum absolute atomic E-state index is 13.9. The summed E-state index contributed by atoms with van der Waals surface area (Å²) in [6, 6.07) is 9.12. The van der Waals surface area contributed by atoms with Crippen molar-refractivity contribution >= 4 is 10.9 Å². The number of nitrogens with zero attached hydrogens (tertiary/aromatic N) is 4. The fourth-order valence-corrected chi connectivity index (χ4v) is 2.90. The predicted molar refractivity (Wildman–Crippen MR) is 92.9 cm³/mol. The minimum atomic E-state index is -0.590. The molecule has 2 aromatic heterocycles. The van der Waals surface area contributed by atoms with Crippen LogP contribution in [0.15, 0.2) is 48.8 Å². The predicted octanol–water partition coefficient (Wildman–Crippen LogP) is 2.93. The summed E-state index contributed by atoms with van der Waals surface area (Å²) in [6.45, 7) is 0. The second-order valence-corrected chi connectivity index (χ2v) is 6.01. The Morgan fingerprint density at radius 3 is 2.88 bits per heavy atom. The molecule has 0 fully saturated rings. The lowest BCUT2D eigenvalue weighted by molar-refractivity contribution is 0.533. The number of fused-ring (bicyclic) bond motifs is 1. The first kappa shape index (κ1) is 16.3. The minimum absolute atomic E-state index is 0.249. The summed E-state index contributed by atoms with van der Waals surface area (Å²) < 4.78 is 28.7. The highest BCUT2D eigenvalue weighted by Gasteiger charge is 2.17. The monoisotopic (exact) mass is 354 g/mol. The van der Waals surface area contributed by atoms with Gasteiger partial charge >= 0.3 is 0 Å². The smallest absolute Gasteiger partial charge is 0.129 e. The molecule has 6 nitrogen and oxygen atoms in total. The molecule has 0 saturated carbocycles. The molecule has 0 radical (unpaired) electrons. The number of likely N-dealkylation sites (N-methyl/N-ethyl adjacent to an activating group) is 1. The number of H-pyrrole nitrogens is 1. The second-order valence-electron chi connectivity index (χ2n) is 6.01.